The quantitative estimate of drug-likeness (QED) is 0.384. The third-order valence-electron chi connectivity index (χ3n) is 2.41. The molecule has 0 atom stereocenters. The van der Waals surface area contributed by atoms with Crippen molar-refractivity contribution in [2.75, 3.05) is 26.9 Å². The van der Waals surface area contributed by atoms with Crippen LogP contribution in [0.1, 0.15) is 17.3 Å². The predicted octanol–water partition coefficient (Wildman–Crippen LogP) is 3.19. The van der Waals surface area contributed by atoms with E-state index in [9.17, 15) is 9.59 Å². The van der Waals surface area contributed by atoms with Gasteiger partial charge in [0, 0.05) is 0 Å². The number of methoxy groups -OCH3 is 1. The van der Waals surface area contributed by atoms with Crippen LogP contribution in [0.15, 0.2) is 30.4 Å². The molecule has 0 unspecified atom stereocenters. The fourth-order valence-corrected chi connectivity index (χ4v) is 1.90. The minimum absolute atomic E-state index is 0.113. The maximum absolute atomic E-state index is 11.5. The lowest BCUT2D eigenvalue weighted by Crippen LogP contribution is -2.07. The zero-order chi connectivity index (χ0) is 16.4. The lowest BCUT2D eigenvalue weighted by atomic mass is 10.2. The Morgan fingerprint density at radius 1 is 1.18 bits per heavy atom. The summed E-state index contributed by atoms with van der Waals surface area (Å²) >= 11 is 2.11. The molecule has 0 fully saturated rings. The summed E-state index contributed by atoms with van der Waals surface area (Å²) in [5.74, 6) is 0.166. The lowest BCUT2D eigenvalue weighted by molar-refractivity contribution is 0.0599. The second-order valence-corrected chi connectivity index (χ2v) is 5.08. The average Bonchev–Trinajstić information content (AvgIpc) is 2.51. The van der Waals surface area contributed by atoms with Gasteiger partial charge < -0.3 is 18.9 Å². The van der Waals surface area contributed by atoms with Gasteiger partial charge in [0.1, 0.15) is 19.0 Å². The highest BCUT2D eigenvalue weighted by Gasteiger charge is 2.09. The smallest absolute Gasteiger partial charge is 0.488 e. The number of ether oxygens (including phenoxy) is 4. The maximum Gasteiger partial charge on any atom is 0.508 e. The number of carbonyl (C=O) groups excluding carboxylic acids is 2. The molecule has 0 bridgehead atoms. The molecular formula is C15H17IO6. The number of hydrogen-bond acceptors (Lipinski definition) is 6. The van der Waals surface area contributed by atoms with Crippen LogP contribution in [0.4, 0.5) is 4.79 Å². The Morgan fingerprint density at radius 3 is 2.59 bits per heavy atom. The molecule has 0 N–H and O–H groups in total. The first-order chi connectivity index (χ1) is 10.6. The highest BCUT2D eigenvalue weighted by Crippen LogP contribution is 2.22. The van der Waals surface area contributed by atoms with Gasteiger partial charge in [-0.25, -0.2) is 9.59 Å². The summed E-state index contributed by atoms with van der Waals surface area (Å²) in [4.78, 5) is 22.4. The van der Waals surface area contributed by atoms with Crippen molar-refractivity contribution in [2.24, 2.45) is 0 Å². The number of carbonyl (C=O) groups is 2. The van der Waals surface area contributed by atoms with Crippen molar-refractivity contribution in [1.29, 1.82) is 0 Å². The molecule has 120 valence electrons. The van der Waals surface area contributed by atoms with Gasteiger partial charge >= 0.3 is 12.1 Å². The second kappa shape index (κ2) is 10.0. The van der Waals surface area contributed by atoms with Crippen LogP contribution in [0.5, 0.6) is 5.75 Å². The van der Waals surface area contributed by atoms with Crippen LogP contribution in [0.2, 0.25) is 0 Å². The van der Waals surface area contributed by atoms with Crippen molar-refractivity contribution < 1.29 is 28.5 Å². The van der Waals surface area contributed by atoms with Gasteiger partial charge in [-0.15, -0.1) is 0 Å². The van der Waals surface area contributed by atoms with Gasteiger partial charge in [0.2, 0.25) is 0 Å². The third-order valence-corrected chi connectivity index (χ3v) is 3.30. The van der Waals surface area contributed by atoms with Gasteiger partial charge in [0.05, 0.1) is 22.9 Å². The van der Waals surface area contributed by atoms with Gasteiger partial charge in [-0.3, -0.25) is 0 Å². The van der Waals surface area contributed by atoms with E-state index in [0.29, 0.717) is 11.3 Å². The molecule has 0 amide bonds. The normalized spacial score (nSPS) is 10.3. The summed E-state index contributed by atoms with van der Waals surface area (Å²) < 4.78 is 20.5. The third kappa shape index (κ3) is 6.33. The summed E-state index contributed by atoms with van der Waals surface area (Å²) in [5, 5.41) is 0. The van der Waals surface area contributed by atoms with Crippen LogP contribution in [-0.2, 0) is 14.2 Å². The summed E-state index contributed by atoms with van der Waals surface area (Å²) in [6, 6.07) is 5.07. The van der Waals surface area contributed by atoms with Crippen LogP contribution in [0.3, 0.4) is 0 Å². The summed E-state index contributed by atoms with van der Waals surface area (Å²) in [5.41, 5.74) is 0.424. The molecule has 0 aliphatic carbocycles. The van der Waals surface area contributed by atoms with Crippen LogP contribution in [-0.4, -0.2) is 39.1 Å². The van der Waals surface area contributed by atoms with Crippen molar-refractivity contribution in [1.82, 2.24) is 0 Å². The van der Waals surface area contributed by atoms with E-state index in [1.807, 2.05) is 0 Å². The number of halogens is 1. The van der Waals surface area contributed by atoms with Crippen LogP contribution in [0, 0.1) is 3.57 Å². The Kier molecular flexibility index (Phi) is 8.34. The summed E-state index contributed by atoms with van der Waals surface area (Å²) in [7, 11) is 1.33. The van der Waals surface area contributed by atoms with E-state index in [2.05, 4.69) is 32.1 Å². The molecule has 1 aromatic rings. The van der Waals surface area contributed by atoms with Gasteiger partial charge in [-0.2, -0.15) is 0 Å². The highest BCUT2D eigenvalue weighted by molar-refractivity contribution is 14.1. The molecule has 0 radical (unpaired) electrons. The maximum atomic E-state index is 11.5. The average molecular weight is 420 g/mol. The molecule has 0 spiro atoms. The molecule has 0 heterocycles. The zero-order valence-electron chi connectivity index (χ0n) is 12.3. The van der Waals surface area contributed by atoms with Gasteiger partial charge in [-0.05, 0) is 59.9 Å². The van der Waals surface area contributed by atoms with Crippen molar-refractivity contribution in [3.05, 3.63) is 39.5 Å². The van der Waals surface area contributed by atoms with E-state index in [-0.39, 0.29) is 19.8 Å². The molecule has 7 heteroatoms. The largest absolute Gasteiger partial charge is 0.508 e. The standard InChI is InChI=1S/C15H17IO6/c1-3-20-15(18)22-9-5-4-8-21-13-10-11(14(17)19-2)6-7-12(13)16/h4-7,10H,3,8-9H2,1-2H3/b5-4-. The highest BCUT2D eigenvalue weighted by atomic mass is 127. The fraction of sp³-hybridized carbons (Fsp3) is 0.333. The summed E-state index contributed by atoms with van der Waals surface area (Å²) in [6.45, 7) is 2.38. The lowest BCUT2D eigenvalue weighted by Gasteiger charge is -2.07. The van der Waals surface area contributed by atoms with Crippen molar-refractivity contribution in [3.8, 4) is 5.75 Å². The zero-order valence-corrected chi connectivity index (χ0v) is 14.5. The Bertz CT molecular complexity index is 541. The minimum atomic E-state index is -0.701. The Morgan fingerprint density at radius 2 is 1.91 bits per heavy atom. The molecule has 0 aliphatic rings. The monoisotopic (exact) mass is 420 g/mol. The first-order valence-corrected chi connectivity index (χ1v) is 7.61. The minimum Gasteiger partial charge on any atom is -0.488 e. The van der Waals surface area contributed by atoms with E-state index >= 15 is 0 Å². The Labute approximate surface area is 142 Å². The van der Waals surface area contributed by atoms with Crippen LogP contribution >= 0.6 is 22.6 Å². The molecule has 1 rings (SSSR count). The molecule has 0 saturated heterocycles. The van der Waals surface area contributed by atoms with Crippen molar-refractivity contribution >= 4 is 34.7 Å². The molecule has 0 aromatic heterocycles. The molecule has 6 nitrogen and oxygen atoms in total. The van der Waals surface area contributed by atoms with Crippen molar-refractivity contribution in [3.63, 3.8) is 0 Å². The van der Waals surface area contributed by atoms with E-state index in [0.717, 1.165) is 3.57 Å². The SMILES string of the molecule is CCOC(=O)OC/C=C\COc1cc(C(=O)OC)ccc1I. The molecule has 0 aliphatic heterocycles. The number of benzene rings is 1. The van der Waals surface area contributed by atoms with E-state index in [4.69, 9.17) is 9.47 Å². The van der Waals surface area contributed by atoms with Gasteiger partial charge in [0.15, 0.2) is 0 Å². The molecule has 0 saturated carbocycles. The molecule has 1 aromatic carbocycles. The van der Waals surface area contributed by atoms with Crippen molar-refractivity contribution in [2.45, 2.75) is 6.92 Å². The molecule has 22 heavy (non-hydrogen) atoms. The predicted molar refractivity (Wildman–Crippen MR) is 88.1 cm³/mol. The van der Waals surface area contributed by atoms with Crippen LogP contribution < -0.4 is 4.74 Å². The summed E-state index contributed by atoms with van der Waals surface area (Å²) in [6.07, 6.45) is 2.65. The Balaban J connectivity index is 2.44. The number of hydrogen-bond donors (Lipinski definition) is 0. The number of esters is 1. The first-order valence-electron chi connectivity index (χ1n) is 6.53. The van der Waals surface area contributed by atoms with E-state index in [1.54, 1.807) is 37.3 Å². The van der Waals surface area contributed by atoms with Gasteiger partial charge in [0.25, 0.3) is 0 Å². The molecular weight excluding hydrogens is 403 g/mol. The first kappa shape index (κ1) is 18.3. The van der Waals surface area contributed by atoms with Gasteiger partial charge in [-0.1, -0.05) is 0 Å². The van der Waals surface area contributed by atoms with E-state index in [1.165, 1.54) is 7.11 Å². The number of rotatable bonds is 7. The fourth-order valence-electron chi connectivity index (χ4n) is 1.41. The Hall–Kier alpha value is -1.77. The van der Waals surface area contributed by atoms with E-state index < -0.39 is 12.1 Å². The van der Waals surface area contributed by atoms with Crippen LogP contribution in [0.25, 0.3) is 0 Å². The second-order valence-electron chi connectivity index (χ2n) is 3.91. The topological polar surface area (TPSA) is 71.1 Å².